The van der Waals surface area contributed by atoms with E-state index in [0.717, 1.165) is 5.56 Å². The molecular formula is C19H20O6. The molecule has 6 heteroatoms. The summed E-state index contributed by atoms with van der Waals surface area (Å²) in [7, 11) is 2.88. The van der Waals surface area contributed by atoms with Gasteiger partial charge in [-0.25, -0.2) is 0 Å². The molecule has 1 atom stereocenters. The van der Waals surface area contributed by atoms with E-state index in [9.17, 15) is 20.1 Å². The van der Waals surface area contributed by atoms with Crippen molar-refractivity contribution in [3.05, 3.63) is 53.6 Å². The highest BCUT2D eigenvalue weighted by Crippen LogP contribution is 2.29. The highest BCUT2D eigenvalue weighted by Gasteiger charge is 2.16. The molecule has 1 unspecified atom stereocenters. The number of aliphatic carboxylic acids is 1. The number of rotatable bonds is 7. The maximum Gasteiger partial charge on any atom is 0.310 e. The van der Waals surface area contributed by atoms with Crippen LogP contribution in [-0.2, 0) is 11.2 Å². The van der Waals surface area contributed by atoms with Gasteiger partial charge in [-0.3, -0.25) is 4.79 Å². The van der Waals surface area contributed by atoms with E-state index >= 15 is 0 Å². The maximum atomic E-state index is 11.5. The van der Waals surface area contributed by atoms with Crippen LogP contribution in [0.5, 0.6) is 23.0 Å². The molecule has 0 spiro atoms. The lowest BCUT2D eigenvalue weighted by atomic mass is 9.97. The lowest BCUT2D eigenvalue weighted by molar-refractivity contribution is -0.140. The third kappa shape index (κ3) is 4.67. The molecule has 0 aliphatic heterocycles. The largest absolute Gasteiger partial charge is 0.504 e. The Hall–Kier alpha value is -3.15. The Bertz CT molecular complexity index is 781. The first-order valence-electron chi connectivity index (χ1n) is 7.58. The minimum absolute atomic E-state index is 0.00450. The van der Waals surface area contributed by atoms with Crippen LogP contribution >= 0.6 is 0 Å². The number of benzene rings is 2. The molecule has 0 heterocycles. The number of ether oxygens (including phenoxy) is 2. The van der Waals surface area contributed by atoms with E-state index in [-0.39, 0.29) is 17.9 Å². The van der Waals surface area contributed by atoms with Gasteiger partial charge in [0.2, 0.25) is 0 Å². The molecule has 0 bridgehead atoms. The number of methoxy groups -OCH3 is 2. The quantitative estimate of drug-likeness (QED) is 0.714. The van der Waals surface area contributed by atoms with Crippen LogP contribution in [0.15, 0.2) is 42.5 Å². The maximum absolute atomic E-state index is 11.5. The lowest BCUT2D eigenvalue weighted by Crippen LogP contribution is -2.13. The summed E-state index contributed by atoms with van der Waals surface area (Å²) in [5.41, 5.74) is 1.44. The fourth-order valence-corrected chi connectivity index (χ4v) is 2.37. The van der Waals surface area contributed by atoms with E-state index in [0.29, 0.717) is 17.1 Å². The van der Waals surface area contributed by atoms with Gasteiger partial charge in [-0.2, -0.15) is 0 Å². The molecule has 0 fully saturated rings. The number of carboxylic acid groups (broad SMARTS) is 1. The van der Waals surface area contributed by atoms with Gasteiger partial charge in [-0.15, -0.1) is 0 Å². The van der Waals surface area contributed by atoms with Crippen molar-refractivity contribution in [3.8, 4) is 23.0 Å². The van der Waals surface area contributed by atoms with Crippen molar-refractivity contribution in [3.63, 3.8) is 0 Å². The summed E-state index contributed by atoms with van der Waals surface area (Å²) in [6.07, 6.45) is 3.49. The fraction of sp³-hybridized carbons (Fsp3) is 0.211. The van der Waals surface area contributed by atoms with E-state index in [1.54, 1.807) is 36.4 Å². The Kier molecular flexibility index (Phi) is 5.89. The molecule has 0 radical (unpaired) electrons. The van der Waals surface area contributed by atoms with E-state index in [2.05, 4.69) is 0 Å². The van der Waals surface area contributed by atoms with Crippen LogP contribution < -0.4 is 9.47 Å². The normalized spacial score (nSPS) is 12.1. The Morgan fingerprint density at radius 2 is 1.64 bits per heavy atom. The van der Waals surface area contributed by atoms with Crippen molar-refractivity contribution < 1.29 is 29.6 Å². The summed E-state index contributed by atoms with van der Waals surface area (Å²) >= 11 is 0. The number of phenolic OH excluding ortho intramolecular Hbond substituents is 2. The van der Waals surface area contributed by atoms with E-state index in [4.69, 9.17) is 9.47 Å². The van der Waals surface area contributed by atoms with Crippen LogP contribution in [0.3, 0.4) is 0 Å². The zero-order valence-corrected chi connectivity index (χ0v) is 14.0. The van der Waals surface area contributed by atoms with Gasteiger partial charge >= 0.3 is 5.97 Å². The van der Waals surface area contributed by atoms with E-state index in [1.807, 2.05) is 0 Å². The molecule has 25 heavy (non-hydrogen) atoms. The first-order chi connectivity index (χ1) is 11.9. The number of phenols is 2. The molecule has 0 aromatic heterocycles. The van der Waals surface area contributed by atoms with Gasteiger partial charge in [-0.1, -0.05) is 24.3 Å². The van der Waals surface area contributed by atoms with Gasteiger partial charge in [0.15, 0.2) is 23.0 Å². The average molecular weight is 344 g/mol. The standard InChI is InChI=1S/C19H20O6/c1-24-17-10-12(4-7-15(17)20)3-6-14(19(22)23)9-13-5-8-16(21)18(11-13)25-2/h3-8,10-11,14,20-21H,9H2,1-2H3,(H,22,23). The summed E-state index contributed by atoms with van der Waals surface area (Å²) in [5.74, 6) is -1.08. The highest BCUT2D eigenvalue weighted by molar-refractivity contribution is 5.74. The molecular weight excluding hydrogens is 324 g/mol. The molecule has 3 N–H and O–H groups in total. The Balaban J connectivity index is 2.20. The molecule has 0 aliphatic rings. The van der Waals surface area contributed by atoms with Crippen LogP contribution in [0.25, 0.3) is 6.08 Å². The molecule has 0 saturated carbocycles. The van der Waals surface area contributed by atoms with E-state index in [1.165, 1.54) is 26.4 Å². The van der Waals surface area contributed by atoms with Crippen LogP contribution in [0.1, 0.15) is 11.1 Å². The predicted molar refractivity (Wildman–Crippen MR) is 93.2 cm³/mol. The summed E-state index contributed by atoms with van der Waals surface area (Å²) < 4.78 is 10.1. The Morgan fingerprint density at radius 3 is 2.24 bits per heavy atom. The van der Waals surface area contributed by atoms with Gasteiger partial charge in [-0.05, 0) is 41.8 Å². The highest BCUT2D eigenvalue weighted by atomic mass is 16.5. The van der Waals surface area contributed by atoms with Gasteiger partial charge in [0.05, 0.1) is 20.1 Å². The fourth-order valence-electron chi connectivity index (χ4n) is 2.37. The zero-order chi connectivity index (χ0) is 18.4. The third-order valence-corrected chi connectivity index (χ3v) is 3.74. The minimum Gasteiger partial charge on any atom is -0.504 e. The molecule has 6 nitrogen and oxygen atoms in total. The smallest absolute Gasteiger partial charge is 0.310 e. The topological polar surface area (TPSA) is 96.2 Å². The Labute approximate surface area is 145 Å². The summed E-state index contributed by atoms with van der Waals surface area (Å²) in [5, 5.41) is 28.6. The molecule has 2 aromatic carbocycles. The third-order valence-electron chi connectivity index (χ3n) is 3.74. The summed E-state index contributed by atoms with van der Waals surface area (Å²) in [4.78, 5) is 11.5. The molecule has 0 saturated heterocycles. The summed E-state index contributed by atoms with van der Waals surface area (Å²) in [6, 6.07) is 9.51. The number of carboxylic acids is 1. The van der Waals surface area contributed by atoms with E-state index < -0.39 is 11.9 Å². The molecule has 2 aromatic rings. The number of hydrogen-bond donors (Lipinski definition) is 3. The average Bonchev–Trinajstić information content (AvgIpc) is 2.60. The molecule has 0 amide bonds. The predicted octanol–water partition coefficient (Wildman–Crippen LogP) is 3.07. The Morgan fingerprint density at radius 1 is 1.04 bits per heavy atom. The number of aromatic hydroxyl groups is 2. The molecule has 132 valence electrons. The van der Waals surface area contributed by atoms with Crippen molar-refractivity contribution in [1.29, 1.82) is 0 Å². The van der Waals surface area contributed by atoms with Crippen LogP contribution in [0.4, 0.5) is 0 Å². The van der Waals surface area contributed by atoms with Crippen molar-refractivity contribution in [1.82, 2.24) is 0 Å². The number of carbonyl (C=O) groups is 1. The van der Waals surface area contributed by atoms with Crippen molar-refractivity contribution in [2.75, 3.05) is 14.2 Å². The lowest BCUT2D eigenvalue weighted by Gasteiger charge is -2.10. The molecule has 0 aliphatic carbocycles. The first kappa shape index (κ1) is 18.2. The van der Waals surface area contributed by atoms with Gasteiger partial charge in [0.25, 0.3) is 0 Å². The summed E-state index contributed by atoms with van der Waals surface area (Å²) in [6.45, 7) is 0. The van der Waals surface area contributed by atoms with Crippen LogP contribution in [0, 0.1) is 5.92 Å². The monoisotopic (exact) mass is 344 g/mol. The van der Waals surface area contributed by atoms with Gasteiger partial charge < -0.3 is 24.8 Å². The van der Waals surface area contributed by atoms with Crippen LogP contribution in [0.2, 0.25) is 0 Å². The van der Waals surface area contributed by atoms with Gasteiger partial charge in [0, 0.05) is 0 Å². The van der Waals surface area contributed by atoms with Crippen LogP contribution in [-0.4, -0.2) is 35.5 Å². The van der Waals surface area contributed by atoms with Gasteiger partial charge in [0.1, 0.15) is 0 Å². The number of hydrogen-bond acceptors (Lipinski definition) is 5. The second-order valence-corrected chi connectivity index (χ2v) is 5.45. The van der Waals surface area contributed by atoms with Crippen molar-refractivity contribution >= 4 is 12.0 Å². The van der Waals surface area contributed by atoms with Crippen molar-refractivity contribution in [2.24, 2.45) is 5.92 Å². The second-order valence-electron chi connectivity index (χ2n) is 5.45. The first-order valence-corrected chi connectivity index (χ1v) is 7.58. The second kappa shape index (κ2) is 8.10. The minimum atomic E-state index is -0.964. The molecule has 2 rings (SSSR count). The van der Waals surface area contributed by atoms with Crippen molar-refractivity contribution in [2.45, 2.75) is 6.42 Å². The SMILES string of the molecule is COc1cc(C=CC(Cc2ccc(O)c(OC)c2)C(=O)O)ccc1O. The zero-order valence-electron chi connectivity index (χ0n) is 14.0.